The van der Waals surface area contributed by atoms with Crippen LogP contribution in [0.1, 0.15) is 42.9 Å². The molecule has 4 nitrogen and oxygen atoms in total. The van der Waals surface area contributed by atoms with E-state index < -0.39 is 0 Å². The lowest BCUT2D eigenvalue weighted by molar-refractivity contribution is -0.385. The van der Waals surface area contributed by atoms with E-state index in [1.807, 2.05) is 0 Å². The number of benzene rings is 2. The maximum atomic E-state index is 10.9. The second kappa shape index (κ2) is 5.93. The van der Waals surface area contributed by atoms with Gasteiger partial charge in [-0.2, -0.15) is 0 Å². The van der Waals surface area contributed by atoms with Gasteiger partial charge >= 0.3 is 0 Å². The maximum absolute atomic E-state index is 10.9. The minimum Gasteiger partial charge on any atom is -0.490 e. The van der Waals surface area contributed by atoms with Crippen LogP contribution in [0.2, 0.25) is 0 Å². The van der Waals surface area contributed by atoms with Crippen molar-refractivity contribution in [3.63, 3.8) is 0 Å². The SMILES string of the molecule is Cc1ccc([C@H]2C[C@@H](Oc3ccc([N+](=O)[O-])c(C)c3)C2(C)C)cc1. The summed E-state index contributed by atoms with van der Waals surface area (Å²) in [5.74, 6) is 1.18. The molecule has 1 saturated carbocycles. The van der Waals surface area contributed by atoms with E-state index in [0.29, 0.717) is 17.2 Å². The van der Waals surface area contributed by atoms with Gasteiger partial charge in [-0.3, -0.25) is 10.1 Å². The third kappa shape index (κ3) is 2.88. The summed E-state index contributed by atoms with van der Waals surface area (Å²) >= 11 is 0. The Morgan fingerprint density at radius 1 is 1.12 bits per heavy atom. The number of hydrogen-bond donors (Lipinski definition) is 0. The Balaban J connectivity index is 1.73. The Bertz CT molecular complexity index is 765. The van der Waals surface area contributed by atoms with E-state index in [-0.39, 0.29) is 22.1 Å². The molecule has 0 bridgehead atoms. The zero-order valence-corrected chi connectivity index (χ0v) is 14.6. The second-order valence-corrected chi connectivity index (χ2v) is 7.33. The molecule has 0 radical (unpaired) electrons. The van der Waals surface area contributed by atoms with Crippen LogP contribution in [0.5, 0.6) is 5.75 Å². The first-order valence-electron chi connectivity index (χ1n) is 8.27. The summed E-state index contributed by atoms with van der Waals surface area (Å²) in [5, 5.41) is 10.9. The molecule has 0 aliphatic heterocycles. The van der Waals surface area contributed by atoms with E-state index in [1.54, 1.807) is 19.1 Å². The van der Waals surface area contributed by atoms with Gasteiger partial charge in [0.25, 0.3) is 5.69 Å². The van der Waals surface area contributed by atoms with Crippen LogP contribution in [-0.2, 0) is 0 Å². The molecule has 0 aromatic heterocycles. The van der Waals surface area contributed by atoms with Gasteiger partial charge in [-0.25, -0.2) is 0 Å². The zero-order chi connectivity index (χ0) is 17.5. The molecule has 1 fully saturated rings. The van der Waals surface area contributed by atoms with E-state index in [2.05, 4.69) is 45.0 Å². The molecule has 4 heteroatoms. The number of nitrogens with zero attached hydrogens (tertiary/aromatic N) is 1. The fraction of sp³-hybridized carbons (Fsp3) is 0.400. The third-order valence-corrected chi connectivity index (χ3v) is 5.30. The van der Waals surface area contributed by atoms with Crippen LogP contribution in [0.4, 0.5) is 5.69 Å². The molecule has 2 aromatic carbocycles. The Morgan fingerprint density at radius 2 is 1.79 bits per heavy atom. The quantitative estimate of drug-likeness (QED) is 0.575. The summed E-state index contributed by atoms with van der Waals surface area (Å²) in [6.45, 7) is 8.29. The van der Waals surface area contributed by atoms with Crippen molar-refractivity contribution in [1.29, 1.82) is 0 Å². The minimum absolute atomic E-state index is 0.0327. The number of hydrogen-bond acceptors (Lipinski definition) is 3. The van der Waals surface area contributed by atoms with Gasteiger partial charge < -0.3 is 4.74 Å². The molecule has 3 rings (SSSR count). The van der Waals surface area contributed by atoms with E-state index in [0.717, 1.165) is 6.42 Å². The molecule has 0 amide bonds. The molecular formula is C20H23NO3. The van der Waals surface area contributed by atoms with Gasteiger partial charge in [-0.05, 0) is 43.9 Å². The predicted octanol–water partition coefficient (Wildman–Crippen LogP) is 5.17. The standard InChI is InChI=1S/C20H23NO3/c1-13-5-7-15(8-6-13)17-12-19(20(17,3)4)24-16-9-10-18(21(22)23)14(2)11-16/h5-11,17,19H,12H2,1-4H3/t17-,19-/m1/s1. The predicted molar refractivity (Wildman–Crippen MR) is 94.6 cm³/mol. The molecule has 0 unspecified atom stereocenters. The molecule has 1 aliphatic carbocycles. The number of nitro groups is 1. The van der Waals surface area contributed by atoms with Crippen LogP contribution >= 0.6 is 0 Å². The fourth-order valence-corrected chi connectivity index (χ4v) is 3.52. The number of ether oxygens (including phenoxy) is 1. The van der Waals surface area contributed by atoms with E-state index in [4.69, 9.17) is 4.74 Å². The summed E-state index contributed by atoms with van der Waals surface area (Å²) < 4.78 is 6.13. The van der Waals surface area contributed by atoms with Gasteiger partial charge in [0.1, 0.15) is 11.9 Å². The highest BCUT2D eigenvalue weighted by Gasteiger charge is 2.50. The van der Waals surface area contributed by atoms with Crippen LogP contribution in [0.3, 0.4) is 0 Å². The third-order valence-electron chi connectivity index (χ3n) is 5.30. The van der Waals surface area contributed by atoms with E-state index in [1.165, 1.54) is 17.2 Å². The zero-order valence-electron chi connectivity index (χ0n) is 14.6. The molecular weight excluding hydrogens is 302 g/mol. The molecule has 0 saturated heterocycles. The number of rotatable bonds is 4. The van der Waals surface area contributed by atoms with Crippen LogP contribution in [0.15, 0.2) is 42.5 Å². The number of nitro benzene ring substituents is 1. The average Bonchev–Trinajstić information content (AvgIpc) is 2.52. The summed E-state index contributed by atoms with van der Waals surface area (Å²) in [5.41, 5.74) is 3.41. The highest BCUT2D eigenvalue weighted by molar-refractivity contribution is 5.44. The van der Waals surface area contributed by atoms with Crippen molar-refractivity contribution < 1.29 is 9.66 Å². The molecule has 126 valence electrons. The van der Waals surface area contributed by atoms with Gasteiger partial charge in [-0.1, -0.05) is 43.7 Å². The topological polar surface area (TPSA) is 52.4 Å². The largest absolute Gasteiger partial charge is 0.490 e. The molecule has 2 atom stereocenters. The van der Waals surface area contributed by atoms with Crippen molar-refractivity contribution in [3.8, 4) is 5.75 Å². The monoisotopic (exact) mass is 325 g/mol. The van der Waals surface area contributed by atoms with Crippen molar-refractivity contribution in [1.82, 2.24) is 0 Å². The summed E-state index contributed by atoms with van der Waals surface area (Å²) in [7, 11) is 0. The second-order valence-electron chi connectivity index (χ2n) is 7.33. The van der Waals surface area contributed by atoms with Crippen LogP contribution < -0.4 is 4.74 Å². The molecule has 0 spiro atoms. The molecule has 0 heterocycles. The van der Waals surface area contributed by atoms with Gasteiger partial charge in [0, 0.05) is 17.0 Å². The Labute approximate surface area is 142 Å². The van der Waals surface area contributed by atoms with Gasteiger partial charge in [0.15, 0.2) is 0 Å². The van der Waals surface area contributed by atoms with Crippen molar-refractivity contribution in [2.45, 2.75) is 46.1 Å². The molecule has 1 aliphatic rings. The van der Waals surface area contributed by atoms with Crippen LogP contribution in [0, 0.1) is 29.4 Å². The summed E-state index contributed by atoms with van der Waals surface area (Å²) in [4.78, 5) is 10.6. The highest BCUT2D eigenvalue weighted by atomic mass is 16.6. The van der Waals surface area contributed by atoms with Gasteiger partial charge in [0.2, 0.25) is 0 Å². The smallest absolute Gasteiger partial charge is 0.272 e. The normalized spacial score (nSPS) is 21.8. The van der Waals surface area contributed by atoms with E-state index >= 15 is 0 Å². The lowest BCUT2D eigenvalue weighted by Crippen LogP contribution is -2.50. The van der Waals surface area contributed by atoms with Crippen molar-refractivity contribution in [2.75, 3.05) is 0 Å². The first-order chi connectivity index (χ1) is 11.3. The average molecular weight is 325 g/mol. The van der Waals surface area contributed by atoms with Crippen molar-refractivity contribution in [3.05, 3.63) is 69.3 Å². The Morgan fingerprint density at radius 3 is 2.33 bits per heavy atom. The lowest BCUT2D eigenvalue weighted by Gasteiger charge is -2.51. The van der Waals surface area contributed by atoms with Crippen LogP contribution in [-0.4, -0.2) is 11.0 Å². The minimum atomic E-state index is -0.361. The molecule has 24 heavy (non-hydrogen) atoms. The summed E-state index contributed by atoms with van der Waals surface area (Å²) in [6.07, 6.45) is 1.08. The maximum Gasteiger partial charge on any atom is 0.272 e. The van der Waals surface area contributed by atoms with Crippen LogP contribution in [0.25, 0.3) is 0 Å². The summed E-state index contributed by atoms with van der Waals surface area (Å²) in [6, 6.07) is 13.7. The fourth-order valence-electron chi connectivity index (χ4n) is 3.52. The first kappa shape index (κ1) is 16.5. The highest BCUT2D eigenvalue weighted by Crippen LogP contribution is 2.54. The van der Waals surface area contributed by atoms with Gasteiger partial charge in [-0.15, -0.1) is 0 Å². The van der Waals surface area contributed by atoms with Crippen molar-refractivity contribution in [2.24, 2.45) is 5.41 Å². The van der Waals surface area contributed by atoms with E-state index in [9.17, 15) is 10.1 Å². The van der Waals surface area contributed by atoms with Gasteiger partial charge in [0.05, 0.1) is 4.92 Å². The Kier molecular flexibility index (Phi) is 4.08. The van der Waals surface area contributed by atoms with Crippen molar-refractivity contribution >= 4 is 5.69 Å². The number of aryl methyl sites for hydroxylation is 2. The molecule has 0 N–H and O–H groups in total. The first-order valence-corrected chi connectivity index (χ1v) is 8.27. The Hall–Kier alpha value is -2.36. The lowest BCUT2D eigenvalue weighted by atomic mass is 9.57. The molecule has 2 aromatic rings.